The number of aromatic amines is 1. The Morgan fingerprint density at radius 1 is 1.05 bits per heavy atom. The van der Waals surface area contributed by atoms with Gasteiger partial charge in [0.15, 0.2) is 0 Å². The Bertz CT molecular complexity index is 1240. The van der Waals surface area contributed by atoms with E-state index in [2.05, 4.69) is 25.2 Å². The first kappa shape index (κ1) is 25.5. The highest BCUT2D eigenvalue weighted by molar-refractivity contribution is 5.98. The third-order valence-electron chi connectivity index (χ3n) is 7.27. The van der Waals surface area contributed by atoms with Gasteiger partial charge in [-0.2, -0.15) is 13.2 Å². The van der Waals surface area contributed by atoms with Crippen molar-refractivity contribution in [3.8, 4) is 0 Å². The van der Waals surface area contributed by atoms with Crippen LogP contribution in [0.15, 0.2) is 36.5 Å². The summed E-state index contributed by atoms with van der Waals surface area (Å²) < 4.78 is 40.4. The van der Waals surface area contributed by atoms with Gasteiger partial charge in [0.2, 0.25) is 0 Å². The molecule has 1 aromatic carbocycles. The van der Waals surface area contributed by atoms with E-state index in [0.717, 1.165) is 43.0 Å². The summed E-state index contributed by atoms with van der Waals surface area (Å²) in [6, 6.07) is 8.66. The van der Waals surface area contributed by atoms with Crippen LogP contribution in [0.2, 0.25) is 0 Å². The van der Waals surface area contributed by atoms with Crippen molar-refractivity contribution >= 4 is 22.6 Å². The summed E-state index contributed by atoms with van der Waals surface area (Å²) in [7, 11) is 0. The number of piperazine rings is 1. The average molecular weight is 515 g/mol. The van der Waals surface area contributed by atoms with E-state index in [1.807, 2.05) is 56.1 Å². The van der Waals surface area contributed by atoms with Crippen LogP contribution in [0.3, 0.4) is 0 Å². The van der Waals surface area contributed by atoms with Crippen LogP contribution in [0.25, 0.3) is 10.9 Å². The van der Waals surface area contributed by atoms with E-state index in [0.29, 0.717) is 42.9 Å². The summed E-state index contributed by atoms with van der Waals surface area (Å²) in [5.74, 6) is 1.48. The number of fused-ring (bicyclic) bond motifs is 1. The maximum Gasteiger partial charge on any atom is 0.433 e. The van der Waals surface area contributed by atoms with E-state index in [4.69, 9.17) is 0 Å². The maximum atomic E-state index is 13.5. The van der Waals surface area contributed by atoms with Gasteiger partial charge in [0.25, 0.3) is 5.91 Å². The lowest BCUT2D eigenvalue weighted by Crippen LogP contribution is -2.47. The van der Waals surface area contributed by atoms with Crippen molar-refractivity contribution in [1.82, 2.24) is 25.2 Å². The Morgan fingerprint density at radius 3 is 2.51 bits per heavy atom. The number of H-pyrrole nitrogens is 1. The fourth-order valence-electron chi connectivity index (χ4n) is 4.87. The van der Waals surface area contributed by atoms with Crippen LogP contribution in [0.5, 0.6) is 0 Å². The number of alkyl halides is 3. The predicted molar refractivity (Wildman–Crippen MR) is 137 cm³/mol. The number of nitrogens with one attached hydrogen (secondary N) is 2. The zero-order chi connectivity index (χ0) is 26.4. The molecule has 0 radical (unpaired) electrons. The molecule has 1 amide bonds. The van der Waals surface area contributed by atoms with Crippen molar-refractivity contribution in [1.29, 1.82) is 0 Å². The van der Waals surface area contributed by atoms with Gasteiger partial charge in [-0.3, -0.25) is 9.69 Å². The third-order valence-corrected chi connectivity index (χ3v) is 7.27. The molecule has 5 rings (SSSR count). The SMILES string of the molecule is CC(C)(C)c1nc(N2CCN(CC3CC3CNC(=O)c3ccc4[nH]ccc4c3)CC2)cc(C(F)(F)F)n1. The van der Waals surface area contributed by atoms with Crippen molar-refractivity contribution in [2.45, 2.75) is 38.8 Å². The molecule has 2 N–H and O–H groups in total. The highest BCUT2D eigenvalue weighted by atomic mass is 19.4. The predicted octanol–water partition coefficient (Wildman–Crippen LogP) is 4.46. The number of hydrogen-bond acceptors (Lipinski definition) is 5. The Hall–Kier alpha value is -3.14. The number of halogens is 3. The highest BCUT2D eigenvalue weighted by Gasteiger charge is 2.39. The van der Waals surface area contributed by atoms with Gasteiger partial charge in [0, 0.05) is 73.4 Å². The molecule has 1 aliphatic heterocycles. The fourth-order valence-corrected chi connectivity index (χ4v) is 4.87. The fraction of sp³-hybridized carbons (Fsp3) is 0.519. The van der Waals surface area contributed by atoms with Crippen molar-refractivity contribution in [3.05, 3.63) is 53.6 Å². The molecule has 10 heteroatoms. The molecule has 1 saturated carbocycles. The summed E-state index contributed by atoms with van der Waals surface area (Å²) in [4.78, 5) is 28.3. The number of benzene rings is 1. The van der Waals surface area contributed by atoms with E-state index in [-0.39, 0.29) is 11.7 Å². The molecule has 3 heterocycles. The Labute approximate surface area is 214 Å². The minimum Gasteiger partial charge on any atom is -0.361 e. The molecule has 2 fully saturated rings. The number of rotatable bonds is 6. The van der Waals surface area contributed by atoms with Crippen molar-refractivity contribution in [2.75, 3.05) is 44.2 Å². The summed E-state index contributed by atoms with van der Waals surface area (Å²) in [6.45, 7) is 9.82. The van der Waals surface area contributed by atoms with Gasteiger partial charge in [-0.15, -0.1) is 0 Å². The number of carbonyl (C=O) groups is 1. The van der Waals surface area contributed by atoms with E-state index in [9.17, 15) is 18.0 Å². The van der Waals surface area contributed by atoms with Crippen LogP contribution in [0.4, 0.5) is 19.0 Å². The van der Waals surface area contributed by atoms with Crippen LogP contribution in [-0.2, 0) is 11.6 Å². The van der Waals surface area contributed by atoms with Gasteiger partial charge < -0.3 is 15.2 Å². The molecule has 2 aromatic heterocycles. The minimum atomic E-state index is -4.51. The minimum absolute atomic E-state index is 0.0555. The molecule has 2 unspecified atom stereocenters. The monoisotopic (exact) mass is 514 g/mol. The lowest BCUT2D eigenvalue weighted by Gasteiger charge is -2.36. The largest absolute Gasteiger partial charge is 0.433 e. The number of aromatic nitrogens is 3. The quantitative estimate of drug-likeness (QED) is 0.508. The number of hydrogen-bond donors (Lipinski definition) is 2. The highest BCUT2D eigenvalue weighted by Crippen LogP contribution is 2.39. The number of carbonyl (C=O) groups excluding carboxylic acids is 1. The third kappa shape index (κ3) is 5.89. The van der Waals surface area contributed by atoms with Crippen molar-refractivity contribution in [3.63, 3.8) is 0 Å². The molecule has 198 valence electrons. The van der Waals surface area contributed by atoms with E-state index < -0.39 is 17.3 Å². The molecule has 7 nitrogen and oxygen atoms in total. The van der Waals surface area contributed by atoms with E-state index in [1.165, 1.54) is 0 Å². The lowest BCUT2D eigenvalue weighted by atomic mass is 9.95. The zero-order valence-corrected chi connectivity index (χ0v) is 21.4. The first-order valence-corrected chi connectivity index (χ1v) is 12.8. The first-order chi connectivity index (χ1) is 17.5. The van der Waals surface area contributed by atoms with Gasteiger partial charge >= 0.3 is 6.18 Å². The van der Waals surface area contributed by atoms with Gasteiger partial charge in [-0.25, -0.2) is 9.97 Å². The average Bonchev–Trinajstić information content (AvgIpc) is 3.41. The second-order valence-electron chi connectivity index (χ2n) is 11.2. The molecule has 0 spiro atoms. The van der Waals surface area contributed by atoms with Gasteiger partial charge in [0.1, 0.15) is 17.3 Å². The molecular formula is C27H33F3N6O. The second kappa shape index (κ2) is 9.63. The topological polar surface area (TPSA) is 77.2 Å². The van der Waals surface area contributed by atoms with Gasteiger partial charge in [0.05, 0.1) is 0 Å². The molecule has 2 atom stereocenters. The standard InChI is InChI=1S/C27H33F3N6O/c1-26(2,3)25-33-22(27(28,29)30)14-23(34-25)36-10-8-35(9-11-36)16-20-13-19(20)15-32-24(37)18-4-5-21-17(12-18)6-7-31-21/h4-7,12,14,19-20,31H,8-11,13,15-16H2,1-3H3,(H,32,37). The van der Waals surface area contributed by atoms with Crippen LogP contribution in [0.1, 0.15) is 49.1 Å². The normalized spacial score (nSPS) is 20.9. The molecule has 2 aliphatic rings. The first-order valence-electron chi connectivity index (χ1n) is 12.8. The second-order valence-corrected chi connectivity index (χ2v) is 11.2. The number of anilines is 1. The van der Waals surface area contributed by atoms with Crippen LogP contribution in [0, 0.1) is 11.8 Å². The Balaban J connectivity index is 1.11. The summed E-state index contributed by atoms with van der Waals surface area (Å²) in [5.41, 5.74) is 0.200. The molecule has 0 bridgehead atoms. The maximum absolute atomic E-state index is 13.5. The molecular weight excluding hydrogens is 481 g/mol. The smallest absolute Gasteiger partial charge is 0.361 e. The zero-order valence-electron chi connectivity index (χ0n) is 21.4. The Kier molecular flexibility index (Phi) is 6.64. The number of nitrogens with zero attached hydrogens (tertiary/aromatic N) is 4. The van der Waals surface area contributed by atoms with Crippen LogP contribution >= 0.6 is 0 Å². The Morgan fingerprint density at radius 2 is 1.81 bits per heavy atom. The van der Waals surface area contributed by atoms with Crippen molar-refractivity contribution in [2.24, 2.45) is 11.8 Å². The molecule has 1 saturated heterocycles. The van der Waals surface area contributed by atoms with Gasteiger partial charge in [-0.05, 0) is 42.5 Å². The summed E-state index contributed by atoms with van der Waals surface area (Å²) in [6.07, 6.45) is -1.57. The van der Waals surface area contributed by atoms with Gasteiger partial charge in [-0.1, -0.05) is 20.8 Å². The van der Waals surface area contributed by atoms with Crippen LogP contribution in [-0.4, -0.2) is 65.0 Å². The molecule has 37 heavy (non-hydrogen) atoms. The van der Waals surface area contributed by atoms with E-state index in [1.54, 1.807) is 0 Å². The lowest BCUT2D eigenvalue weighted by molar-refractivity contribution is -0.141. The summed E-state index contributed by atoms with van der Waals surface area (Å²) >= 11 is 0. The van der Waals surface area contributed by atoms with Crippen LogP contribution < -0.4 is 10.2 Å². The number of amides is 1. The van der Waals surface area contributed by atoms with E-state index >= 15 is 0 Å². The summed E-state index contributed by atoms with van der Waals surface area (Å²) in [5, 5.41) is 4.08. The van der Waals surface area contributed by atoms with Crippen molar-refractivity contribution < 1.29 is 18.0 Å². The molecule has 3 aromatic rings. The molecule has 1 aliphatic carbocycles.